The Morgan fingerprint density at radius 2 is 2.00 bits per heavy atom. The van der Waals surface area contributed by atoms with E-state index >= 15 is 0 Å². The maximum absolute atomic E-state index is 12.6. The van der Waals surface area contributed by atoms with Gasteiger partial charge in [0, 0.05) is 0 Å². The first-order valence-corrected chi connectivity index (χ1v) is 9.65. The summed E-state index contributed by atoms with van der Waals surface area (Å²) in [5.41, 5.74) is 2.18. The maximum Gasteiger partial charge on any atom is 0.344 e. The fourth-order valence-corrected chi connectivity index (χ4v) is 3.01. The molecule has 0 aliphatic rings. The fraction of sp³-hybridized carbons (Fsp3) is 0.304. The number of esters is 1. The molecule has 1 aromatic heterocycles. The first-order chi connectivity index (χ1) is 14.4. The Kier molecular flexibility index (Phi) is 6.48. The van der Waals surface area contributed by atoms with E-state index in [1.807, 2.05) is 31.2 Å². The lowest BCUT2D eigenvalue weighted by atomic mass is 10.0. The molecule has 0 N–H and O–H groups in total. The molecule has 0 aliphatic heterocycles. The van der Waals surface area contributed by atoms with Gasteiger partial charge in [0.25, 0.3) is 5.56 Å². The van der Waals surface area contributed by atoms with Crippen molar-refractivity contribution in [3.8, 4) is 11.8 Å². The minimum Gasteiger partial charge on any atom is -0.482 e. The standard InChI is InChI=1S/C23H23N3O4/c1-15(2)17-9-8-16(3)20(12-17)29-14-22(27)30-13-21-25-19-7-5-4-6-18(19)23(28)26(21)11-10-24/h4-9,12,15H,11,13-14H2,1-3H3. The van der Waals surface area contributed by atoms with Gasteiger partial charge >= 0.3 is 5.97 Å². The molecule has 0 fully saturated rings. The van der Waals surface area contributed by atoms with E-state index in [1.165, 1.54) is 4.57 Å². The molecule has 0 aliphatic carbocycles. The van der Waals surface area contributed by atoms with E-state index < -0.39 is 5.97 Å². The summed E-state index contributed by atoms with van der Waals surface area (Å²) in [6.07, 6.45) is 0. The number of para-hydroxylation sites is 1. The van der Waals surface area contributed by atoms with Crippen LogP contribution in [-0.4, -0.2) is 22.1 Å². The van der Waals surface area contributed by atoms with E-state index in [4.69, 9.17) is 14.7 Å². The molecule has 30 heavy (non-hydrogen) atoms. The van der Waals surface area contributed by atoms with E-state index in [0.717, 1.165) is 11.1 Å². The van der Waals surface area contributed by atoms with Crippen molar-refractivity contribution in [1.29, 1.82) is 5.26 Å². The van der Waals surface area contributed by atoms with Crippen LogP contribution in [0.5, 0.6) is 5.75 Å². The van der Waals surface area contributed by atoms with Crippen molar-refractivity contribution in [2.24, 2.45) is 0 Å². The summed E-state index contributed by atoms with van der Waals surface area (Å²) in [4.78, 5) is 29.2. The Bertz CT molecular complexity index is 1180. The highest BCUT2D eigenvalue weighted by atomic mass is 16.6. The smallest absolute Gasteiger partial charge is 0.344 e. The predicted molar refractivity (Wildman–Crippen MR) is 112 cm³/mol. The summed E-state index contributed by atoms with van der Waals surface area (Å²) >= 11 is 0. The minimum absolute atomic E-state index is 0.179. The van der Waals surface area contributed by atoms with Gasteiger partial charge in [0.1, 0.15) is 18.9 Å². The van der Waals surface area contributed by atoms with E-state index in [-0.39, 0.29) is 31.1 Å². The molecule has 7 heteroatoms. The second kappa shape index (κ2) is 9.23. The van der Waals surface area contributed by atoms with Gasteiger partial charge in [0.05, 0.1) is 17.0 Å². The van der Waals surface area contributed by atoms with Crippen molar-refractivity contribution < 1.29 is 14.3 Å². The van der Waals surface area contributed by atoms with E-state index in [0.29, 0.717) is 22.6 Å². The molecular formula is C23H23N3O4. The molecule has 3 aromatic rings. The number of nitrogens with zero attached hydrogens (tertiary/aromatic N) is 3. The molecule has 2 aromatic carbocycles. The summed E-state index contributed by atoms with van der Waals surface area (Å²) in [7, 11) is 0. The number of rotatable bonds is 7. The molecule has 0 unspecified atom stereocenters. The molecule has 0 spiro atoms. The van der Waals surface area contributed by atoms with E-state index in [9.17, 15) is 9.59 Å². The largest absolute Gasteiger partial charge is 0.482 e. The summed E-state index contributed by atoms with van der Waals surface area (Å²) in [5, 5.41) is 9.46. The Hall–Kier alpha value is -3.66. The van der Waals surface area contributed by atoms with Gasteiger partial charge in [-0.25, -0.2) is 9.78 Å². The van der Waals surface area contributed by atoms with Gasteiger partial charge in [-0.1, -0.05) is 38.1 Å². The number of ether oxygens (including phenoxy) is 2. The third-order valence-electron chi connectivity index (χ3n) is 4.76. The number of hydrogen-bond donors (Lipinski definition) is 0. The first-order valence-electron chi connectivity index (χ1n) is 9.65. The van der Waals surface area contributed by atoms with Crippen LogP contribution in [-0.2, 0) is 22.7 Å². The number of carbonyl (C=O) groups is 1. The van der Waals surface area contributed by atoms with Crippen LogP contribution in [0.3, 0.4) is 0 Å². The Morgan fingerprint density at radius 1 is 1.23 bits per heavy atom. The minimum atomic E-state index is -0.588. The average Bonchev–Trinajstić information content (AvgIpc) is 2.73. The number of fused-ring (bicyclic) bond motifs is 1. The fourth-order valence-electron chi connectivity index (χ4n) is 3.01. The van der Waals surface area contributed by atoms with Gasteiger partial charge in [-0.05, 0) is 42.2 Å². The second-order valence-electron chi connectivity index (χ2n) is 7.22. The van der Waals surface area contributed by atoms with Crippen LogP contribution >= 0.6 is 0 Å². The van der Waals surface area contributed by atoms with Gasteiger partial charge in [-0.2, -0.15) is 5.26 Å². The molecule has 1 heterocycles. The zero-order chi connectivity index (χ0) is 21.7. The Balaban J connectivity index is 1.71. The highest BCUT2D eigenvalue weighted by Gasteiger charge is 2.14. The number of aryl methyl sites for hydroxylation is 1. The molecule has 0 saturated heterocycles. The number of nitriles is 1. The van der Waals surface area contributed by atoms with Crippen LogP contribution in [0.2, 0.25) is 0 Å². The lowest BCUT2D eigenvalue weighted by Gasteiger charge is -2.13. The highest BCUT2D eigenvalue weighted by molar-refractivity contribution is 5.77. The van der Waals surface area contributed by atoms with Crippen LogP contribution in [0, 0.1) is 18.3 Å². The van der Waals surface area contributed by atoms with Crippen molar-refractivity contribution in [1.82, 2.24) is 9.55 Å². The van der Waals surface area contributed by atoms with Gasteiger partial charge in [0.15, 0.2) is 12.4 Å². The van der Waals surface area contributed by atoms with Crippen molar-refractivity contribution >= 4 is 16.9 Å². The monoisotopic (exact) mass is 405 g/mol. The summed E-state index contributed by atoms with van der Waals surface area (Å²) in [6.45, 7) is 5.40. The van der Waals surface area contributed by atoms with Crippen molar-refractivity contribution in [2.75, 3.05) is 6.61 Å². The number of carbonyl (C=O) groups excluding carboxylic acids is 1. The van der Waals surface area contributed by atoms with Crippen LogP contribution in [0.15, 0.2) is 47.3 Å². The molecule has 3 rings (SSSR count). The third kappa shape index (κ3) is 4.66. The third-order valence-corrected chi connectivity index (χ3v) is 4.76. The van der Waals surface area contributed by atoms with E-state index in [2.05, 4.69) is 18.8 Å². The number of benzene rings is 2. The zero-order valence-electron chi connectivity index (χ0n) is 17.2. The predicted octanol–water partition coefficient (Wildman–Crippen LogP) is 3.47. The number of aromatic nitrogens is 2. The van der Waals surface area contributed by atoms with Gasteiger partial charge in [-0.3, -0.25) is 9.36 Å². The molecule has 154 valence electrons. The molecule has 0 amide bonds. The quantitative estimate of drug-likeness (QED) is 0.559. The van der Waals surface area contributed by atoms with Gasteiger partial charge < -0.3 is 9.47 Å². The molecule has 0 bridgehead atoms. The molecule has 0 atom stereocenters. The molecule has 0 saturated carbocycles. The van der Waals surface area contributed by atoms with Crippen molar-refractivity contribution in [2.45, 2.75) is 39.8 Å². The second-order valence-corrected chi connectivity index (χ2v) is 7.22. The van der Waals surface area contributed by atoms with E-state index in [1.54, 1.807) is 24.3 Å². The molecule has 7 nitrogen and oxygen atoms in total. The lowest BCUT2D eigenvalue weighted by Crippen LogP contribution is -2.26. The van der Waals surface area contributed by atoms with Gasteiger partial charge in [0.2, 0.25) is 0 Å². The van der Waals surface area contributed by atoms with Crippen LogP contribution < -0.4 is 10.3 Å². The Morgan fingerprint density at radius 3 is 2.73 bits per heavy atom. The number of hydrogen-bond acceptors (Lipinski definition) is 6. The molecule has 0 radical (unpaired) electrons. The highest BCUT2D eigenvalue weighted by Crippen LogP contribution is 2.24. The van der Waals surface area contributed by atoms with Gasteiger partial charge in [-0.15, -0.1) is 0 Å². The topological polar surface area (TPSA) is 94.2 Å². The van der Waals surface area contributed by atoms with Crippen LogP contribution in [0.25, 0.3) is 10.9 Å². The molecular weight excluding hydrogens is 382 g/mol. The van der Waals surface area contributed by atoms with Crippen LogP contribution in [0.4, 0.5) is 0 Å². The van der Waals surface area contributed by atoms with Crippen molar-refractivity contribution in [3.63, 3.8) is 0 Å². The lowest BCUT2D eigenvalue weighted by molar-refractivity contribution is -0.147. The SMILES string of the molecule is Cc1ccc(C(C)C)cc1OCC(=O)OCc1nc2ccccc2c(=O)n1CC#N. The summed E-state index contributed by atoms with van der Waals surface area (Å²) < 4.78 is 12.1. The summed E-state index contributed by atoms with van der Waals surface area (Å²) in [5.74, 6) is 0.598. The average molecular weight is 405 g/mol. The maximum atomic E-state index is 12.6. The van der Waals surface area contributed by atoms with Crippen molar-refractivity contribution in [3.05, 3.63) is 69.8 Å². The zero-order valence-corrected chi connectivity index (χ0v) is 17.2. The normalized spacial score (nSPS) is 10.8. The first kappa shape index (κ1) is 21.1. The Labute approximate surface area is 174 Å². The summed E-state index contributed by atoms with van der Waals surface area (Å²) in [6, 6.07) is 14.7. The van der Waals surface area contributed by atoms with Crippen LogP contribution in [0.1, 0.15) is 36.7 Å².